The lowest BCUT2D eigenvalue weighted by molar-refractivity contribution is -0.123. The molecule has 0 saturated heterocycles. The summed E-state index contributed by atoms with van der Waals surface area (Å²) in [5.74, 6) is -1.12. The molecule has 1 heterocycles. The van der Waals surface area contributed by atoms with Gasteiger partial charge in [0, 0.05) is 5.39 Å². The number of carbonyl (C=O) groups is 3. The van der Waals surface area contributed by atoms with Crippen LogP contribution < -0.4 is 11.1 Å². The van der Waals surface area contributed by atoms with Crippen molar-refractivity contribution >= 4 is 40.5 Å². The van der Waals surface area contributed by atoms with Crippen LogP contribution in [0.1, 0.15) is 40.5 Å². The number of primary amides is 1. The number of urea groups is 1. The second-order valence-electron chi connectivity index (χ2n) is 7.91. The number of fused-ring (bicyclic) bond motifs is 2. The Labute approximate surface area is 185 Å². The van der Waals surface area contributed by atoms with E-state index in [2.05, 4.69) is 13.0 Å². The summed E-state index contributed by atoms with van der Waals surface area (Å²) in [5.41, 5.74) is 9.72. The topological polar surface area (TPSA) is 111 Å². The summed E-state index contributed by atoms with van der Waals surface area (Å²) >= 11 is 0. The van der Waals surface area contributed by atoms with Gasteiger partial charge >= 0.3 is 12.0 Å². The number of imide groups is 1. The number of amides is 3. The summed E-state index contributed by atoms with van der Waals surface area (Å²) in [4.78, 5) is 40.6. The largest absolute Gasteiger partial charge is 0.452 e. The number of nitrogens with zero attached hydrogens (tertiary/aromatic N) is 1. The number of para-hydroxylation sites is 1. The van der Waals surface area contributed by atoms with Gasteiger partial charge in [-0.05, 0) is 47.6 Å². The van der Waals surface area contributed by atoms with Crippen LogP contribution in [0.5, 0.6) is 0 Å². The molecule has 0 aliphatic heterocycles. The Morgan fingerprint density at radius 2 is 1.81 bits per heavy atom. The lowest BCUT2D eigenvalue weighted by atomic mass is 9.80. The number of hydrogen-bond acceptors (Lipinski definition) is 5. The van der Waals surface area contributed by atoms with Crippen LogP contribution in [0, 0.1) is 5.92 Å². The van der Waals surface area contributed by atoms with Gasteiger partial charge in [-0.2, -0.15) is 0 Å². The van der Waals surface area contributed by atoms with Crippen LogP contribution in [0.3, 0.4) is 0 Å². The van der Waals surface area contributed by atoms with Gasteiger partial charge in [0.25, 0.3) is 5.91 Å². The van der Waals surface area contributed by atoms with Gasteiger partial charge in [0.15, 0.2) is 6.61 Å². The van der Waals surface area contributed by atoms with E-state index in [-0.39, 0.29) is 0 Å². The van der Waals surface area contributed by atoms with Crippen LogP contribution in [0.25, 0.3) is 22.6 Å². The van der Waals surface area contributed by atoms with Crippen molar-refractivity contribution in [2.24, 2.45) is 11.7 Å². The molecule has 4 rings (SSSR count). The quantitative estimate of drug-likeness (QED) is 0.614. The highest BCUT2D eigenvalue weighted by Gasteiger charge is 2.29. The van der Waals surface area contributed by atoms with E-state index in [1.807, 2.05) is 59.9 Å². The van der Waals surface area contributed by atoms with E-state index in [1.54, 1.807) is 0 Å². The number of esters is 1. The summed E-state index contributed by atoms with van der Waals surface area (Å²) in [7, 11) is 0. The Kier molecular flexibility index (Phi) is 5.98. The zero-order valence-electron chi connectivity index (χ0n) is 17.6. The van der Waals surface area contributed by atoms with Crippen molar-refractivity contribution in [3.8, 4) is 0 Å². The van der Waals surface area contributed by atoms with E-state index in [9.17, 15) is 14.4 Å². The smallest absolute Gasteiger partial charge is 0.339 e. The van der Waals surface area contributed by atoms with Gasteiger partial charge < -0.3 is 10.5 Å². The number of nitrogens with two attached hydrogens (primary N) is 1. The van der Waals surface area contributed by atoms with E-state index in [1.165, 1.54) is 0 Å². The number of ether oxygens (including phenoxy) is 1. The molecule has 162 valence electrons. The summed E-state index contributed by atoms with van der Waals surface area (Å²) in [6.45, 7) is 1.53. The first-order valence-corrected chi connectivity index (χ1v) is 10.4. The third-order valence-corrected chi connectivity index (χ3v) is 5.36. The zero-order valence-corrected chi connectivity index (χ0v) is 17.6. The normalized spacial score (nSPS) is 16.4. The first-order chi connectivity index (χ1) is 15.4. The zero-order chi connectivity index (χ0) is 22.7. The van der Waals surface area contributed by atoms with Crippen LogP contribution in [0.15, 0.2) is 54.6 Å². The Balaban J connectivity index is 1.80. The van der Waals surface area contributed by atoms with E-state index in [0.717, 1.165) is 28.8 Å². The van der Waals surface area contributed by atoms with Crippen molar-refractivity contribution in [2.75, 3.05) is 6.61 Å². The molecule has 0 bridgehead atoms. The van der Waals surface area contributed by atoms with Crippen molar-refractivity contribution < 1.29 is 19.1 Å². The molecular formula is C25H23N3O4. The highest BCUT2D eigenvalue weighted by Crippen LogP contribution is 2.38. The van der Waals surface area contributed by atoms with Gasteiger partial charge in [0.05, 0.1) is 16.8 Å². The Hall–Kier alpha value is -4.00. The number of nitrogens with one attached hydrogen (secondary N) is 1. The number of rotatable bonds is 4. The first kappa shape index (κ1) is 21.2. The highest BCUT2D eigenvalue weighted by atomic mass is 16.5. The summed E-state index contributed by atoms with van der Waals surface area (Å²) in [6.07, 6.45) is 3.60. The number of allylic oxidation sites excluding steroid dienone is 1. The molecule has 32 heavy (non-hydrogen) atoms. The molecule has 3 amide bonds. The van der Waals surface area contributed by atoms with Crippen molar-refractivity contribution in [3.05, 3.63) is 77.0 Å². The minimum Gasteiger partial charge on any atom is -0.452 e. The van der Waals surface area contributed by atoms with Crippen molar-refractivity contribution in [1.29, 1.82) is 0 Å². The van der Waals surface area contributed by atoms with Crippen LogP contribution in [0.2, 0.25) is 0 Å². The van der Waals surface area contributed by atoms with E-state index in [4.69, 9.17) is 15.5 Å². The standard InChI is InChI=1S/C25H23N3O4/c1-15-11-17(13-16-7-3-2-4-8-16)23-19(12-15)22(18-9-5-6-10-20(18)27-23)24(30)32-14-21(29)28-25(26)31/h2-10,13,15H,11-12,14H2,1H3,(H3,26,28,29,31). The predicted molar refractivity (Wildman–Crippen MR) is 122 cm³/mol. The molecule has 7 heteroatoms. The first-order valence-electron chi connectivity index (χ1n) is 10.4. The molecule has 3 aromatic rings. The van der Waals surface area contributed by atoms with Gasteiger partial charge in [-0.1, -0.05) is 55.5 Å². The molecule has 1 aliphatic rings. The molecule has 1 aliphatic carbocycles. The molecule has 1 atom stereocenters. The van der Waals surface area contributed by atoms with Crippen molar-refractivity contribution in [3.63, 3.8) is 0 Å². The van der Waals surface area contributed by atoms with Crippen molar-refractivity contribution in [2.45, 2.75) is 19.8 Å². The van der Waals surface area contributed by atoms with Gasteiger partial charge in [-0.25, -0.2) is 14.6 Å². The van der Waals surface area contributed by atoms with Crippen LogP contribution in [0.4, 0.5) is 4.79 Å². The van der Waals surface area contributed by atoms with Gasteiger partial charge in [-0.3, -0.25) is 10.1 Å². The molecule has 1 aromatic heterocycles. The summed E-state index contributed by atoms with van der Waals surface area (Å²) < 4.78 is 5.25. The van der Waals surface area contributed by atoms with Gasteiger partial charge in [0.1, 0.15) is 0 Å². The fourth-order valence-corrected chi connectivity index (χ4v) is 4.10. The predicted octanol–water partition coefficient (Wildman–Crippen LogP) is 3.71. The molecule has 0 radical (unpaired) electrons. The fraction of sp³-hybridized carbons (Fsp3) is 0.200. The van der Waals surface area contributed by atoms with Gasteiger partial charge in [0.2, 0.25) is 0 Å². The maximum Gasteiger partial charge on any atom is 0.339 e. The monoisotopic (exact) mass is 429 g/mol. The summed E-state index contributed by atoms with van der Waals surface area (Å²) in [5, 5.41) is 2.56. The Morgan fingerprint density at radius 3 is 2.56 bits per heavy atom. The number of benzene rings is 2. The van der Waals surface area contributed by atoms with E-state index in [0.29, 0.717) is 28.8 Å². The molecule has 0 spiro atoms. The van der Waals surface area contributed by atoms with Crippen molar-refractivity contribution in [1.82, 2.24) is 10.3 Å². The maximum absolute atomic E-state index is 13.1. The minimum atomic E-state index is -0.998. The second kappa shape index (κ2) is 9.01. The second-order valence-corrected chi connectivity index (χ2v) is 7.91. The molecule has 1 unspecified atom stereocenters. The average molecular weight is 429 g/mol. The fourth-order valence-electron chi connectivity index (χ4n) is 4.10. The van der Waals surface area contributed by atoms with Crippen LogP contribution >= 0.6 is 0 Å². The molecule has 0 fully saturated rings. The maximum atomic E-state index is 13.1. The Morgan fingerprint density at radius 1 is 1.09 bits per heavy atom. The molecular weight excluding hydrogens is 406 g/mol. The van der Waals surface area contributed by atoms with E-state index < -0.39 is 24.5 Å². The number of pyridine rings is 1. The van der Waals surface area contributed by atoms with Gasteiger partial charge in [-0.15, -0.1) is 0 Å². The molecule has 7 nitrogen and oxygen atoms in total. The highest BCUT2D eigenvalue weighted by molar-refractivity contribution is 6.07. The van der Waals surface area contributed by atoms with E-state index >= 15 is 0 Å². The molecule has 2 aromatic carbocycles. The SMILES string of the molecule is CC1CC(=Cc2ccccc2)c2nc3ccccc3c(C(=O)OCC(=O)NC(N)=O)c2C1. The lowest BCUT2D eigenvalue weighted by Crippen LogP contribution is -2.37. The number of aromatic nitrogens is 1. The third-order valence-electron chi connectivity index (χ3n) is 5.36. The van der Waals surface area contributed by atoms with Crippen LogP contribution in [-0.2, 0) is 16.0 Å². The van der Waals surface area contributed by atoms with Crippen LogP contribution in [-0.4, -0.2) is 29.5 Å². The Bertz CT molecular complexity index is 1230. The average Bonchev–Trinajstić information content (AvgIpc) is 2.76. The molecule has 0 saturated carbocycles. The number of carbonyl (C=O) groups excluding carboxylic acids is 3. The third kappa shape index (κ3) is 4.51. The molecule has 3 N–H and O–H groups in total. The number of hydrogen-bond donors (Lipinski definition) is 2. The minimum absolute atomic E-state index is 0.296. The summed E-state index contributed by atoms with van der Waals surface area (Å²) in [6, 6.07) is 16.4. The lowest BCUT2D eigenvalue weighted by Gasteiger charge is -2.26.